The first kappa shape index (κ1) is 14.0. The third-order valence-corrected chi connectivity index (χ3v) is 3.53. The van der Waals surface area contributed by atoms with Gasteiger partial charge in [0.2, 0.25) is 0 Å². The molecule has 2 aromatic heterocycles. The van der Waals surface area contributed by atoms with Gasteiger partial charge >= 0.3 is 5.97 Å². The van der Waals surface area contributed by atoms with E-state index in [9.17, 15) is 4.79 Å². The molecular weight excluding hydrogens is 314 g/mol. The molecule has 0 aliphatic carbocycles. The predicted octanol–water partition coefficient (Wildman–Crippen LogP) is 2.46. The SMILES string of the molecule is COCc1nn2c(C(C)C)cc(C(=O)O)nc2c1Br. The van der Waals surface area contributed by atoms with Crippen molar-refractivity contribution in [2.45, 2.75) is 26.4 Å². The maximum Gasteiger partial charge on any atom is 0.354 e. The average Bonchev–Trinajstić information content (AvgIpc) is 2.66. The van der Waals surface area contributed by atoms with Crippen molar-refractivity contribution >= 4 is 27.5 Å². The fourth-order valence-corrected chi connectivity index (χ4v) is 2.26. The normalized spacial score (nSPS) is 11.4. The Morgan fingerprint density at radius 1 is 1.58 bits per heavy atom. The van der Waals surface area contributed by atoms with Crippen LogP contribution in [-0.2, 0) is 11.3 Å². The second-order valence-electron chi connectivity index (χ2n) is 4.46. The number of carboxylic acid groups (broad SMARTS) is 1. The Morgan fingerprint density at radius 2 is 2.26 bits per heavy atom. The van der Waals surface area contributed by atoms with E-state index in [1.54, 1.807) is 17.7 Å². The Kier molecular flexibility index (Phi) is 3.86. The molecule has 0 aliphatic rings. The zero-order valence-corrected chi connectivity index (χ0v) is 12.4. The molecule has 0 saturated heterocycles. The summed E-state index contributed by atoms with van der Waals surface area (Å²) in [4.78, 5) is 15.2. The number of hydrogen-bond donors (Lipinski definition) is 1. The topological polar surface area (TPSA) is 76.7 Å². The number of carbonyl (C=O) groups is 1. The summed E-state index contributed by atoms with van der Waals surface area (Å²) in [7, 11) is 1.58. The molecule has 0 spiro atoms. The number of fused-ring (bicyclic) bond motifs is 1. The van der Waals surface area contributed by atoms with E-state index in [-0.39, 0.29) is 11.6 Å². The standard InChI is InChI=1S/C12H14BrN3O3/c1-6(2)9-4-7(12(17)18)14-11-10(13)8(5-19-3)15-16(9)11/h4,6H,5H2,1-3H3,(H,17,18). The highest BCUT2D eigenvalue weighted by molar-refractivity contribution is 9.10. The van der Waals surface area contributed by atoms with Crippen molar-refractivity contribution in [2.24, 2.45) is 0 Å². The van der Waals surface area contributed by atoms with Crippen molar-refractivity contribution in [3.05, 3.63) is 27.6 Å². The number of methoxy groups -OCH3 is 1. The fourth-order valence-electron chi connectivity index (χ4n) is 1.81. The van der Waals surface area contributed by atoms with Gasteiger partial charge in [0.1, 0.15) is 5.69 Å². The number of aromatic nitrogens is 3. The number of ether oxygens (including phenoxy) is 1. The molecule has 0 aromatic carbocycles. The van der Waals surface area contributed by atoms with E-state index in [2.05, 4.69) is 26.0 Å². The number of carboxylic acids is 1. The largest absolute Gasteiger partial charge is 0.477 e. The number of hydrogen-bond acceptors (Lipinski definition) is 4. The molecule has 6 nitrogen and oxygen atoms in total. The van der Waals surface area contributed by atoms with Crippen LogP contribution in [0.25, 0.3) is 5.65 Å². The van der Waals surface area contributed by atoms with Gasteiger partial charge in [-0.1, -0.05) is 13.8 Å². The highest BCUT2D eigenvalue weighted by atomic mass is 79.9. The van der Waals surface area contributed by atoms with Crippen LogP contribution in [0.2, 0.25) is 0 Å². The van der Waals surface area contributed by atoms with E-state index in [1.165, 1.54) is 0 Å². The highest BCUT2D eigenvalue weighted by Gasteiger charge is 2.19. The monoisotopic (exact) mass is 327 g/mol. The van der Waals surface area contributed by atoms with Gasteiger partial charge in [0.15, 0.2) is 11.3 Å². The zero-order valence-electron chi connectivity index (χ0n) is 10.8. The molecule has 2 heterocycles. The first-order chi connectivity index (χ1) is 8.95. The Bertz CT molecular complexity index is 637. The van der Waals surface area contributed by atoms with Crippen molar-refractivity contribution in [1.82, 2.24) is 14.6 Å². The molecular formula is C12H14BrN3O3. The second-order valence-corrected chi connectivity index (χ2v) is 5.25. The number of halogens is 1. The van der Waals surface area contributed by atoms with E-state index < -0.39 is 5.97 Å². The lowest BCUT2D eigenvalue weighted by molar-refractivity contribution is 0.0690. The van der Waals surface area contributed by atoms with Crippen LogP contribution in [-0.4, -0.2) is 32.8 Å². The quantitative estimate of drug-likeness (QED) is 0.933. The zero-order chi connectivity index (χ0) is 14.2. The summed E-state index contributed by atoms with van der Waals surface area (Å²) in [5.41, 5.74) is 2.00. The minimum atomic E-state index is -1.05. The first-order valence-corrected chi connectivity index (χ1v) is 6.55. The van der Waals surface area contributed by atoms with Gasteiger partial charge < -0.3 is 9.84 Å². The Hall–Kier alpha value is -1.47. The molecule has 0 aliphatic heterocycles. The molecule has 0 saturated carbocycles. The van der Waals surface area contributed by atoms with Gasteiger partial charge in [0, 0.05) is 12.8 Å². The molecule has 1 N–H and O–H groups in total. The number of aromatic carboxylic acids is 1. The minimum Gasteiger partial charge on any atom is -0.477 e. The summed E-state index contributed by atoms with van der Waals surface area (Å²) < 4.78 is 7.39. The summed E-state index contributed by atoms with van der Waals surface area (Å²) >= 11 is 3.40. The van der Waals surface area contributed by atoms with E-state index in [0.717, 1.165) is 5.69 Å². The van der Waals surface area contributed by atoms with Crippen LogP contribution in [0.3, 0.4) is 0 Å². The molecule has 7 heteroatoms. The van der Waals surface area contributed by atoms with Crippen LogP contribution in [0.15, 0.2) is 10.5 Å². The summed E-state index contributed by atoms with van der Waals surface area (Å²) in [5.74, 6) is -0.920. The van der Waals surface area contributed by atoms with Crippen LogP contribution in [0.4, 0.5) is 0 Å². The molecule has 2 aromatic rings. The maximum absolute atomic E-state index is 11.1. The molecule has 0 amide bonds. The van der Waals surface area contributed by atoms with Crippen molar-refractivity contribution in [2.75, 3.05) is 7.11 Å². The minimum absolute atomic E-state index is 0.0146. The third-order valence-electron chi connectivity index (χ3n) is 2.72. The van der Waals surface area contributed by atoms with Gasteiger partial charge in [-0.25, -0.2) is 14.3 Å². The van der Waals surface area contributed by atoms with Crippen LogP contribution >= 0.6 is 15.9 Å². The summed E-state index contributed by atoms with van der Waals surface area (Å²) in [6, 6.07) is 1.55. The van der Waals surface area contributed by atoms with Crippen LogP contribution in [0, 0.1) is 0 Å². The first-order valence-electron chi connectivity index (χ1n) is 5.76. The summed E-state index contributed by atoms with van der Waals surface area (Å²) in [6.45, 7) is 4.29. The Morgan fingerprint density at radius 3 is 2.79 bits per heavy atom. The van der Waals surface area contributed by atoms with Crippen molar-refractivity contribution in [3.8, 4) is 0 Å². The van der Waals surface area contributed by atoms with Crippen molar-refractivity contribution < 1.29 is 14.6 Å². The van der Waals surface area contributed by atoms with Crippen LogP contribution in [0.1, 0.15) is 41.6 Å². The maximum atomic E-state index is 11.1. The fraction of sp³-hybridized carbons (Fsp3) is 0.417. The van der Waals surface area contributed by atoms with E-state index >= 15 is 0 Å². The van der Waals surface area contributed by atoms with Crippen molar-refractivity contribution in [1.29, 1.82) is 0 Å². The number of nitrogens with zero attached hydrogens (tertiary/aromatic N) is 3. The number of rotatable bonds is 4. The third kappa shape index (κ3) is 2.48. The molecule has 2 rings (SSSR count). The molecule has 102 valence electrons. The van der Waals surface area contributed by atoms with Gasteiger partial charge in [-0.15, -0.1) is 0 Å². The van der Waals surface area contributed by atoms with E-state index in [0.29, 0.717) is 22.4 Å². The van der Waals surface area contributed by atoms with Gasteiger partial charge in [-0.3, -0.25) is 0 Å². The van der Waals surface area contributed by atoms with Crippen LogP contribution in [0.5, 0.6) is 0 Å². The lowest BCUT2D eigenvalue weighted by Gasteiger charge is -2.08. The Labute approximate surface area is 118 Å². The van der Waals surface area contributed by atoms with Gasteiger partial charge in [0.05, 0.1) is 11.1 Å². The van der Waals surface area contributed by atoms with E-state index in [1.807, 2.05) is 13.8 Å². The van der Waals surface area contributed by atoms with Gasteiger partial charge in [0.25, 0.3) is 0 Å². The molecule has 0 unspecified atom stereocenters. The molecule has 19 heavy (non-hydrogen) atoms. The average molecular weight is 328 g/mol. The molecule has 0 radical (unpaired) electrons. The summed E-state index contributed by atoms with van der Waals surface area (Å²) in [5, 5.41) is 13.5. The summed E-state index contributed by atoms with van der Waals surface area (Å²) in [6.07, 6.45) is 0. The molecule has 0 fully saturated rings. The Balaban J connectivity index is 2.76. The molecule has 0 bridgehead atoms. The smallest absolute Gasteiger partial charge is 0.354 e. The lowest BCUT2D eigenvalue weighted by Crippen LogP contribution is -2.08. The lowest BCUT2D eigenvalue weighted by atomic mass is 10.1. The van der Waals surface area contributed by atoms with Gasteiger partial charge in [-0.05, 0) is 27.9 Å². The van der Waals surface area contributed by atoms with Crippen LogP contribution < -0.4 is 0 Å². The highest BCUT2D eigenvalue weighted by Crippen LogP contribution is 2.26. The van der Waals surface area contributed by atoms with E-state index in [4.69, 9.17) is 9.84 Å². The van der Waals surface area contributed by atoms with Crippen molar-refractivity contribution in [3.63, 3.8) is 0 Å². The second kappa shape index (κ2) is 5.26. The molecule has 0 atom stereocenters. The predicted molar refractivity (Wildman–Crippen MR) is 72.4 cm³/mol. The van der Waals surface area contributed by atoms with Gasteiger partial charge in [-0.2, -0.15) is 5.10 Å².